The molecule has 4 amide bonds. The lowest BCUT2D eigenvalue weighted by molar-refractivity contribution is -0.139. The van der Waals surface area contributed by atoms with Gasteiger partial charge >= 0.3 is 6.03 Å². The van der Waals surface area contributed by atoms with E-state index in [1.807, 2.05) is 18.2 Å². The van der Waals surface area contributed by atoms with E-state index in [0.29, 0.717) is 11.5 Å². The van der Waals surface area contributed by atoms with E-state index in [0.717, 1.165) is 30.4 Å². The molecule has 1 saturated carbocycles. The molecule has 0 bridgehead atoms. The minimum Gasteiger partial charge on any atom is -0.318 e. The number of hydrazine groups is 1. The molecule has 1 aromatic rings. The first-order valence-corrected chi connectivity index (χ1v) is 10.2. The van der Waals surface area contributed by atoms with Crippen molar-refractivity contribution < 1.29 is 14.4 Å². The Morgan fingerprint density at radius 1 is 1.14 bits per heavy atom. The highest BCUT2D eigenvalue weighted by molar-refractivity contribution is 6.08. The number of urea groups is 1. The van der Waals surface area contributed by atoms with Crippen LogP contribution in [0.3, 0.4) is 0 Å². The Labute approximate surface area is 165 Å². The molecule has 0 unspecified atom stereocenters. The minimum atomic E-state index is -1.17. The summed E-state index contributed by atoms with van der Waals surface area (Å²) >= 11 is 0. The number of amides is 4. The molecule has 0 radical (unpaired) electrons. The van der Waals surface area contributed by atoms with Gasteiger partial charge in [0.25, 0.3) is 11.8 Å². The smallest absolute Gasteiger partial charge is 0.318 e. The van der Waals surface area contributed by atoms with Crippen LogP contribution in [0.25, 0.3) is 0 Å². The maximum atomic E-state index is 12.9. The Morgan fingerprint density at radius 3 is 2.61 bits per heavy atom. The molecule has 0 aromatic heterocycles. The molecule has 7 nitrogen and oxygen atoms in total. The number of fused-ring (bicyclic) bond motifs is 1. The molecule has 3 fully saturated rings. The first-order chi connectivity index (χ1) is 13.5. The average Bonchev–Trinajstić information content (AvgIpc) is 2.92. The van der Waals surface area contributed by atoms with Crippen molar-refractivity contribution in [3.63, 3.8) is 0 Å². The Kier molecular flexibility index (Phi) is 5.10. The second kappa shape index (κ2) is 7.54. The molecule has 4 rings (SSSR count). The molecule has 1 aliphatic carbocycles. The molecule has 2 heterocycles. The normalized spacial score (nSPS) is 30.7. The molecule has 3 aliphatic rings. The minimum absolute atomic E-state index is 0.211. The fraction of sp³-hybridized carbons (Fsp3) is 0.571. The van der Waals surface area contributed by atoms with Crippen LogP contribution < -0.4 is 10.7 Å². The van der Waals surface area contributed by atoms with Gasteiger partial charge in [-0.2, -0.15) is 5.01 Å². The number of imide groups is 1. The summed E-state index contributed by atoms with van der Waals surface area (Å²) in [6.07, 6.45) is 6.29. The Morgan fingerprint density at radius 2 is 1.86 bits per heavy atom. The van der Waals surface area contributed by atoms with E-state index in [-0.39, 0.29) is 12.5 Å². The number of benzene rings is 1. The van der Waals surface area contributed by atoms with Crippen LogP contribution in [-0.2, 0) is 15.1 Å². The van der Waals surface area contributed by atoms with Gasteiger partial charge in [0.2, 0.25) is 0 Å². The van der Waals surface area contributed by atoms with E-state index < -0.39 is 17.5 Å². The maximum absolute atomic E-state index is 12.9. The predicted molar refractivity (Wildman–Crippen MR) is 104 cm³/mol. The van der Waals surface area contributed by atoms with Crippen LogP contribution >= 0.6 is 0 Å². The third-order valence-corrected chi connectivity index (χ3v) is 6.52. The molecule has 3 atom stereocenters. The number of hydrogen-bond donors (Lipinski definition) is 2. The van der Waals surface area contributed by atoms with Gasteiger partial charge in [-0.25, -0.2) is 4.79 Å². The number of nitrogens with zero attached hydrogens (tertiary/aromatic N) is 2. The summed E-state index contributed by atoms with van der Waals surface area (Å²) in [5.41, 5.74) is 2.02. The number of carbonyl (C=O) groups excluding carboxylic acids is 3. The first-order valence-electron chi connectivity index (χ1n) is 10.2. The Bertz CT molecular complexity index is 768. The zero-order valence-corrected chi connectivity index (χ0v) is 16.3. The third-order valence-electron chi connectivity index (χ3n) is 6.52. The van der Waals surface area contributed by atoms with Crippen molar-refractivity contribution in [1.82, 2.24) is 20.7 Å². The van der Waals surface area contributed by atoms with Gasteiger partial charge in [0.15, 0.2) is 0 Å². The zero-order valence-electron chi connectivity index (χ0n) is 16.3. The molecule has 1 aromatic carbocycles. The largest absolute Gasteiger partial charge is 0.344 e. The van der Waals surface area contributed by atoms with Crippen molar-refractivity contribution in [3.05, 3.63) is 35.9 Å². The fourth-order valence-electron chi connectivity index (χ4n) is 4.89. The highest BCUT2D eigenvalue weighted by Gasteiger charge is 2.50. The number of hydrogen-bond acceptors (Lipinski definition) is 4. The van der Waals surface area contributed by atoms with Crippen LogP contribution in [0.5, 0.6) is 0 Å². The molecule has 2 aliphatic heterocycles. The second-order valence-electron chi connectivity index (χ2n) is 8.43. The van der Waals surface area contributed by atoms with Crippen molar-refractivity contribution in [1.29, 1.82) is 0 Å². The standard InChI is InChI=1S/C21H28N4O3/c1-21(17-9-3-2-4-10-17)19(27)25(20(28)22-21)23-18(26)14-24-12-11-15-7-5-6-8-16(15)13-24/h2-4,9-10,15-16H,5-8,11-14H2,1H3,(H,22,28)(H,23,26)/t15-,16+,21+/m0/s1. The molecular formula is C21H28N4O3. The van der Waals surface area contributed by atoms with Gasteiger partial charge in [-0.15, -0.1) is 0 Å². The molecule has 7 heteroatoms. The van der Waals surface area contributed by atoms with Gasteiger partial charge in [-0.3, -0.25) is 19.9 Å². The van der Waals surface area contributed by atoms with Gasteiger partial charge in [0, 0.05) is 6.54 Å². The maximum Gasteiger partial charge on any atom is 0.344 e. The van der Waals surface area contributed by atoms with E-state index in [4.69, 9.17) is 0 Å². The van der Waals surface area contributed by atoms with Crippen molar-refractivity contribution >= 4 is 17.8 Å². The van der Waals surface area contributed by atoms with E-state index >= 15 is 0 Å². The van der Waals surface area contributed by atoms with E-state index in [1.54, 1.807) is 19.1 Å². The van der Waals surface area contributed by atoms with Crippen LogP contribution in [0.4, 0.5) is 4.79 Å². The summed E-state index contributed by atoms with van der Waals surface area (Å²) in [5, 5.41) is 3.52. The summed E-state index contributed by atoms with van der Waals surface area (Å²) < 4.78 is 0. The predicted octanol–water partition coefficient (Wildman–Crippen LogP) is 2.00. The highest BCUT2D eigenvalue weighted by Crippen LogP contribution is 2.36. The average molecular weight is 384 g/mol. The van der Waals surface area contributed by atoms with Gasteiger partial charge in [0.05, 0.1) is 6.54 Å². The lowest BCUT2D eigenvalue weighted by Gasteiger charge is -2.41. The number of piperidine rings is 1. The number of carbonyl (C=O) groups is 3. The monoisotopic (exact) mass is 384 g/mol. The van der Waals surface area contributed by atoms with Crippen LogP contribution in [-0.4, -0.2) is 47.4 Å². The summed E-state index contributed by atoms with van der Waals surface area (Å²) in [6, 6.07) is 8.46. The summed E-state index contributed by atoms with van der Waals surface area (Å²) in [6.45, 7) is 3.70. The fourth-order valence-corrected chi connectivity index (χ4v) is 4.89. The van der Waals surface area contributed by atoms with Gasteiger partial charge in [-0.1, -0.05) is 49.6 Å². The van der Waals surface area contributed by atoms with E-state index in [2.05, 4.69) is 15.6 Å². The molecule has 2 N–H and O–H groups in total. The topological polar surface area (TPSA) is 81.8 Å². The van der Waals surface area contributed by atoms with E-state index in [1.165, 1.54) is 25.7 Å². The van der Waals surface area contributed by atoms with Crippen molar-refractivity contribution in [2.24, 2.45) is 11.8 Å². The zero-order chi connectivity index (χ0) is 19.7. The lowest BCUT2D eigenvalue weighted by atomic mass is 9.75. The van der Waals surface area contributed by atoms with Crippen molar-refractivity contribution in [2.75, 3.05) is 19.6 Å². The number of likely N-dealkylation sites (tertiary alicyclic amines) is 1. The summed E-state index contributed by atoms with van der Waals surface area (Å²) in [5.74, 6) is 0.678. The quantitative estimate of drug-likeness (QED) is 0.778. The number of rotatable bonds is 4. The SMILES string of the molecule is C[C@]1(c2ccccc2)NC(=O)N(NC(=O)CN2CC[C@@H]3CCCC[C@@H]3C2)C1=O. The van der Waals surface area contributed by atoms with Gasteiger partial charge < -0.3 is 5.32 Å². The highest BCUT2D eigenvalue weighted by atomic mass is 16.2. The van der Waals surface area contributed by atoms with Crippen LogP contribution in [0, 0.1) is 11.8 Å². The van der Waals surface area contributed by atoms with Crippen LogP contribution in [0.2, 0.25) is 0 Å². The Balaban J connectivity index is 1.37. The third kappa shape index (κ3) is 3.51. The van der Waals surface area contributed by atoms with E-state index in [9.17, 15) is 14.4 Å². The van der Waals surface area contributed by atoms with Gasteiger partial charge in [-0.05, 0) is 43.7 Å². The molecule has 28 heavy (non-hydrogen) atoms. The second-order valence-corrected chi connectivity index (χ2v) is 8.43. The summed E-state index contributed by atoms with van der Waals surface area (Å²) in [4.78, 5) is 39.9. The van der Waals surface area contributed by atoms with Crippen LogP contribution in [0.1, 0.15) is 44.6 Å². The molecule has 0 spiro atoms. The Hall–Kier alpha value is -2.41. The van der Waals surface area contributed by atoms with Crippen molar-refractivity contribution in [2.45, 2.75) is 44.6 Å². The molecule has 150 valence electrons. The molecular weight excluding hydrogens is 356 g/mol. The lowest BCUT2D eigenvalue weighted by Crippen LogP contribution is -2.52. The number of nitrogens with one attached hydrogen (secondary N) is 2. The molecule has 2 saturated heterocycles. The van der Waals surface area contributed by atoms with Gasteiger partial charge in [0.1, 0.15) is 5.54 Å². The first kappa shape index (κ1) is 18.9. The van der Waals surface area contributed by atoms with Crippen molar-refractivity contribution in [3.8, 4) is 0 Å². The summed E-state index contributed by atoms with van der Waals surface area (Å²) in [7, 11) is 0. The van der Waals surface area contributed by atoms with Crippen LogP contribution in [0.15, 0.2) is 30.3 Å².